The molecule has 20 heavy (non-hydrogen) atoms. The summed E-state index contributed by atoms with van der Waals surface area (Å²) in [7, 11) is 0. The van der Waals surface area contributed by atoms with Crippen molar-refractivity contribution in [2.45, 2.75) is 31.3 Å². The zero-order valence-corrected chi connectivity index (χ0v) is 11.0. The Kier molecular flexibility index (Phi) is 4.13. The molecule has 0 radical (unpaired) electrons. The fraction of sp³-hybridized carbons (Fsp3) is 0.615. The van der Waals surface area contributed by atoms with Gasteiger partial charge in [-0.3, -0.25) is 4.79 Å². The Balaban J connectivity index is 1.92. The van der Waals surface area contributed by atoms with E-state index in [1.165, 1.54) is 0 Å². The molecule has 0 aromatic rings. The third-order valence-corrected chi connectivity index (χ3v) is 3.70. The lowest BCUT2D eigenvalue weighted by Gasteiger charge is -2.37. The van der Waals surface area contributed by atoms with E-state index in [0.29, 0.717) is 26.1 Å². The van der Waals surface area contributed by atoms with Crippen LogP contribution in [0.25, 0.3) is 0 Å². The summed E-state index contributed by atoms with van der Waals surface area (Å²) in [6.45, 7) is 1.36. The maximum absolute atomic E-state index is 12.0. The number of amides is 3. The van der Waals surface area contributed by atoms with Crippen molar-refractivity contribution in [3.63, 3.8) is 0 Å². The number of hydrogen-bond acceptors (Lipinski definition) is 3. The molecule has 2 N–H and O–H groups in total. The fourth-order valence-electron chi connectivity index (χ4n) is 2.61. The van der Waals surface area contributed by atoms with Gasteiger partial charge in [-0.15, -0.1) is 12.3 Å². The predicted octanol–water partition coefficient (Wildman–Crippen LogP) is -0.521. The van der Waals surface area contributed by atoms with Crippen LogP contribution in [0.2, 0.25) is 0 Å². The van der Waals surface area contributed by atoms with Gasteiger partial charge in [0.25, 0.3) is 0 Å². The number of urea groups is 1. The Morgan fingerprint density at radius 3 is 2.90 bits per heavy atom. The second-order valence-corrected chi connectivity index (χ2v) is 4.97. The van der Waals surface area contributed by atoms with Crippen LogP contribution in [0.5, 0.6) is 0 Å². The van der Waals surface area contributed by atoms with Crippen molar-refractivity contribution >= 4 is 17.9 Å². The van der Waals surface area contributed by atoms with Gasteiger partial charge in [-0.25, -0.2) is 9.59 Å². The van der Waals surface area contributed by atoms with E-state index >= 15 is 0 Å². The van der Waals surface area contributed by atoms with Crippen molar-refractivity contribution in [2.24, 2.45) is 0 Å². The van der Waals surface area contributed by atoms with Gasteiger partial charge in [0.15, 0.2) is 0 Å². The number of fused-ring (bicyclic) bond motifs is 1. The molecule has 2 rings (SSSR count). The van der Waals surface area contributed by atoms with Gasteiger partial charge < -0.3 is 20.2 Å². The summed E-state index contributed by atoms with van der Waals surface area (Å²) in [5, 5.41) is 11.4. The minimum atomic E-state index is -1.15. The molecule has 2 atom stereocenters. The van der Waals surface area contributed by atoms with Gasteiger partial charge in [0.2, 0.25) is 5.91 Å². The second kappa shape index (κ2) is 5.82. The number of nitrogens with zero attached hydrogens (tertiary/aromatic N) is 2. The first-order chi connectivity index (χ1) is 9.52. The van der Waals surface area contributed by atoms with E-state index in [4.69, 9.17) is 11.5 Å². The number of carbonyl (C=O) groups excluding carboxylic acids is 2. The molecule has 0 bridgehead atoms. The summed E-state index contributed by atoms with van der Waals surface area (Å²) in [5.74, 6) is 1.22. The third-order valence-electron chi connectivity index (χ3n) is 3.70. The molecule has 0 aliphatic carbocycles. The van der Waals surface area contributed by atoms with Crippen LogP contribution in [0.15, 0.2) is 0 Å². The van der Waals surface area contributed by atoms with E-state index in [9.17, 15) is 14.4 Å². The number of aliphatic carboxylic acids is 1. The highest BCUT2D eigenvalue weighted by Gasteiger charge is 2.37. The zero-order valence-electron chi connectivity index (χ0n) is 11.0. The predicted molar refractivity (Wildman–Crippen MR) is 69.7 cm³/mol. The number of rotatable bonds is 3. The molecular weight excluding hydrogens is 262 g/mol. The van der Waals surface area contributed by atoms with Crippen LogP contribution in [0, 0.1) is 12.3 Å². The highest BCUT2D eigenvalue weighted by molar-refractivity contribution is 5.83. The van der Waals surface area contributed by atoms with Crippen LogP contribution in [-0.4, -0.2) is 64.5 Å². The number of carbonyl (C=O) groups is 3. The molecule has 7 nitrogen and oxygen atoms in total. The highest BCUT2D eigenvalue weighted by atomic mass is 16.4. The molecule has 0 aromatic carbocycles. The van der Waals surface area contributed by atoms with Gasteiger partial charge in [0, 0.05) is 38.5 Å². The van der Waals surface area contributed by atoms with E-state index in [-0.39, 0.29) is 18.4 Å². The molecule has 108 valence electrons. The monoisotopic (exact) mass is 279 g/mol. The van der Waals surface area contributed by atoms with Crippen LogP contribution >= 0.6 is 0 Å². The van der Waals surface area contributed by atoms with Gasteiger partial charge in [0.1, 0.15) is 6.04 Å². The normalized spacial score (nSPS) is 22.9. The topological polar surface area (TPSA) is 90.0 Å². The first-order valence-electron chi connectivity index (χ1n) is 6.54. The Morgan fingerprint density at radius 1 is 1.50 bits per heavy atom. The molecule has 2 aliphatic rings. The number of hydrogen-bond donors (Lipinski definition) is 2. The number of carboxylic acid groups (broad SMARTS) is 1. The van der Waals surface area contributed by atoms with Crippen molar-refractivity contribution in [1.82, 2.24) is 15.1 Å². The summed E-state index contributed by atoms with van der Waals surface area (Å²) >= 11 is 0. The first-order valence-corrected chi connectivity index (χ1v) is 6.54. The molecule has 2 unspecified atom stereocenters. The largest absolute Gasteiger partial charge is 0.480 e. The SMILES string of the molecule is C#CCC(NC(=O)N1CCN2C(=O)CCC2C1)C(=O)O. The summed E-state index contributed by atoms with van der Waals surface area (Å²) in [5.41, 5.74) is 0. The van der Waals surface area contributed by atoms with Crippen molar-refractivity contribution in [3.8, 4) is 12.3 Å². The lowest BCUT2D eigenvalue weighted by atomic mass is 10.1. The molecule has 0 aromatic heterocycles. The molecule has 3 amide bonds. The highest BCUT2D eigenvalue weighted by Crippen LogP contribution is 2.22. The van der Waals surface area contributed by atoms with Gasteiger partial charge in [-0.1, -0.05) is 0 Å². The molecular formula is C13H17N3O4. The Hall–Kier alpha value is -2.23. The first kappa shape index (κ1) is 14.2. The van der Waals surface area contributed by atoms with E-state index in [1.807, 2.05) is 0 Å². The minimum Gasteiger partial charge on any atom is -0.480 e. The van der Waals surface area contributed by atoms with Gasteiger partial charge >= 0.3 is 12.0 Å². The van der Waals surface area contributed by atoms with Crippen LogP contribution in [0.1, 0.15) is 19.3 Å². The van der Waals surface area contributed by atoms with E-state index in [2.05, 4.69) is 11.2 Å². The molecule has 2 heterocycles. The van der Waals surface area contributed by atoms with Crippen LogP contribution in [0.4, 0.5) is 4.79 Å². The van der Waals surface area contributed by atoms with Crippen molar-refractivity contribution < 1.29 is 19.5 Å². The van der Waals surface area contributed by atoms with Crippen molar-refractivity contribution in [2.75, 3.05) is 19.6 Å². The van der Waals surface area contributed by atoms with Crippen LogP contribution in [-0.2, 0) is 9.59 Å². The van der Waals surface area contributed by atoms with Crippen LogP contribution in [0.3, 0.4) is 0 Å². The average Bonchev–Trinajstić information content (AvgIpc) is 2.79. The average molecular weight is 279 g/mol. The van der Waals surface area contributed by atoms with Crippen molar-refractivity contribution in [3.05, 3.63) is 0 Å². The number of terminal acetylenes is 1. The number of piperazine rings is 1. The Labute approximate surface area is 116 Å². The number of nitrogens with one attached hydrogen (secondary N) is 1. The lowest BCUT2D eigenvalue weighted by molar-refractivity contribution is -0.139. The van der Waals surface area contributed by atoms with E-state index < -0.39 is 18.0 Å². The second-order valence-electron chi connectivity index (χ2n) is 4.97. The van der Waals surface area contributed by atoms with Gasteiger partial charge in [-0.2, -0.15) is 0 Å². The standard InChI is InChI=1S/C13H17N3O4/c1-2-3-10(12(18)19)14-13(20)15-6-7-16-9(8-15)4-5-11(16)17/h1,9-10H,3-8H2,(H,14,20)(H,18,19). The van der Waals surface area contributed by atoms with Crippen molar-refractivity contribution in [1.29, 1.82) is 0 Å². The summed E-state index contributed by atoms with van der Waals surface area (Å²) in [6.07, 6.45) is 6.30. The molecule has 2 saturated heterocycles. The quantitative estimate of drug-likeness (QED) is 0.680. The number of carboxylic acids is 1. The maximum Gasteiger partial charge on any atom is 0.327 e. The summed E-state index contributed by atoms with van der Waals surface area (Å²) in [6, 6.07) is -1.46. The Morgan fingerprint density at radius 2 is 2.25 bits per heavy atom. The van der Waals surface area contributed by atoms with Gasteiger partial charge in [0.05, 0.1) is 0 Å². The third kappa shape index (κ3) is 2.85. The van der Waals surface area contributed by atoms with Gasteiger partial charge in [-0.05, 0) is 6.42 Å². The summed E-state index contributed by atoms with van der Waals surface area (Å²) in [4.78, 5) is 37.9. The molecule has 2 fully saturated rings. The van der Waals surface area contributed by atoms with E-state index in [0.717, 1.165) is 6.42 Å². The lowest BCUT2D eigenvalue weighted by Crippen LogP contribution is -2.57. The molecule has 0 spiro atoms. The maximum atomic E-state index is 12.0. The fourth-order valence-corrected chi connectivity index (χ4v) is 2.61. The van der Waals surface area contributed by atoms with Crippen LogP contribution < -0.4 is 5.32 Å². The molecule has 2 aliphatic heterocycles. The van der Waals surface area contributed by atoms with E-state index in [1.54, 1.807) is 9.80 Å². The molecule has 7 heteroatoms. The Bertz CT molecular complexity index is 471. The molecule has 0 saturated carbocycles. The minimum absolute atomic E-state index is 0.0526. The smallest absolute Gasteiger partial charge is 0.327 e. The summed E-state index contributed by atoms with van der Waals surface area (Å²) < 4.78 is 0. The zero-order chi connectivity index (χ0) is 14.7.